The van der Waals surface area contributed by atoms with Gasteiger partial charge in [0.2, 0.25) is 0 Å². The van der Waals surface area contributed by atoms with Crippen LogP contribution < -0.4 is 10.5 Å². The molecule has 0 spiro atoms. The van der Waals surface area contributed by atoms with Crippen LogP contribution in [0.3, 0.4) is 0 Å². The first kappa shape index (κ1) is 12.0. The summed E-state index contributed by atoms with van der Waals surface area (Å²) in [5, 5.41) is 8.88. The highest BCUT2D eigenvalue weighted by Gasteiger charge is 2.04. The van der Waals surface area contributed by atoms with Crippen molar-refractivity contribution in [2.24, 2.45) is 11.7 Å². The van der Waals surface area contributed by atoms with Crippen molar-refractivity contribution >= 4 is 0 Å². The molecule has 3 nitrogen and oxygen atoms in total. The van der Waals surface area contributed by atoms with E-state index in [0.29, 0.717) is 12.5 Å². The molecule has 1 aromatic rings. The highest BCUT2D eigenvalue weighted by atomic mass is 16.5. The summed E-state index contributed by atoms with van der Waals surface area (Å²) in [6, 6.07) is 7.23. The summed E-state index contributed by atoms with van der Waals surface area (Å²) < 4.78 is 5.53. The summed E-state index contributed by atoms with van der Waals surface area (Å²) in [7, 11) is 0. The maximum Gasteiger partial charge on any atom is 0.119 e. The van der Waals surface area contributed by atoms with Gasteiger partial charge in [0.05, 0.1) is 19.3 Å². The molecular formula is C12H19NO2. The number of aliphatic hydroxyl groups excluding tert-OH is 1. The topological polar surface area (TPSA) is 55.5 Å². The third-order valence-electron chi connectivity index (χ3n) is 2.09. The Balaban J connectivity index is 2.56. The normalized spacial score (nSPS) is 12.9. The third kappa shape index (κ3) is 3.90. The summed E-state index contributed by atoms with van der Waals surface area (Å²) >= 11 is 0. The molecule has 0 saturated heterocycles. The molecule has 3 heteroatoms. The lowest BCUT2D eigenvalue weighted by Gasteiger charge is -2.11. The molecule has 0 aromatic heterocycles. The third-order valence-corrected chi connectivity index (χ3v) is 2.09. The van der Waals surface area contributed by atoms with Gasteiger partial charge in [-0.05, 0) is 23.6 Å². The number of benzene rings is 1. The molecule has 0 fully saturated rings. The van der Waals surface area contributed by atoms with E-state index in [9.17, 15) is 0 Å². The maximum atomic E-state index is 8.88. The number of rotatable bonds is 5. The number of ether oxygens (including phenoxy) is 1. The zero-order chi connectivity index (χ0) is 11.3. The summed E-state index contributed by atoms with van der Waals surface area (Å²) in [5.74, 6) is 1.36. The van der Waals surface area contributed by atoms with E-state index in [4.69, 9.17) is 15.6 Å². The molecule has 0 heterocycles. The van der Waals surface area contributed by atoms with Crippen LogP contribution in [0.1, 0.15) is 25.5 Å². The standard InChI is InChI=1S/C12H19NO2/c1-9(2)8-15-11-5-3-10(4-6-11)12(13)7-14/h3-6,9,12,14H,7-8,13H2,1-2H3/t12-/m0/s1. The average Bonchev–Trinajstić information content (AvgIpc) is 2.26. The predicted molar refractivity (Wildman–Crippen MR) is 60.8 cm³/mol. The zero-order valence-electron chi connectivity index (χ0n) is 9.31. The smallest absolute Gasteiger partial charge is 0.119 e. The van der Waals surface area contributed by atoms with Crippen LogP contribution in [0.25, 0.3) is 0 Å². The second kappa shape index (κ2) is 5.73. The van der Waals surface area contributed by atoms with E-state index in [0.717, 1.165) is 11.3 Å². The van der Waals surface area contributed by atoms with Gasteiger partial charge < -0.3 is 15.6 Å². The first-order valence-corrected chi connectivity index (χ1v) is 5.22. The highest BCUT2D eigenvalue weighted by molar-refractivity contribution is 5.29. The molecule has 0 bridgehead atoms. The van der Waals surface area contributed by atoms with E-state index in [1.54, 1.807) is 0 Å². The first-order valence-electron chi connectivity index (χ1n) is 5.22. The van der Waals surface area contributed by atoms with Crippen molar-refractivity contribution in [1.29, 1.82) is 0 Å². The molecule has 1 rings (SSSR count). The van der Waals surface area contributed by atoms with Gasteiger partial charge in [-0.15, -0.1) is 0 Å². The molecule has 0 amide bonds. The van der Waals surface area contributed by atoms with Gasteiger partial charge in [-0.2, -0.15) is 0 Å². The largest absolute Gasteiger partial charge is 0.493 e. The fraction of sp³-hybridized carbons (Fsp3) is 0.500. The van der Waals surface area contributed by atoms with Gasteiger partial charge in [-0.25, -0.2) is 0 Å². The van der Waals surface area contributed by atoms with Crippen LogP contribution in [0.5, 0.6) is 5.75 Å². The fourth-order valence-electron chi connectivity index (χ4n) is 1.18. The van der Waals surface area contributed by atoms with Crippen LogP contribution in [-0.2, 0) is 0 Å². The maximum absolute atomic E-state index is 8.88. The van der Waals surface area contributed by atoms with E-state index in [-0.39, 0.29) is 12.6 Å². The molecular weight excluding hydrogens is 190 g/mol. The minimum Gasteiger partial charge on any atom is -0.493 e. The monoisotopic (exact) mass is 209 g/mol. The quantitative estimate of drug-likeness (QED) is 0.776. The van der Waals surface area contributed by atoms with Gasteiger partial charge in [-0.3, -0.25) is 0 Å². The molecule has 3 N–H and O–H groups in total. The molecule has 1 aromatic carbocycles. The van der Waals surface area contributed by atoms with E-state index in [2.05, 4.69) is 13.8 Å². The van der Waals surface area contributed by atoms with Gasteiger partial charge in [0.15, 0.2) is 0 Å². The minimum absolute atomic E-state index is 0.0355. The lowest BCUT2D eigenvalue weighted by molar-refractivity contribution is 0.266. The Labute approximate surface area is 90.9 Å². The molecule has 15 heavy (non-hydrogen) atoms. The first-order chi connectivity index (χ1) is 7.13. The molecule has 1 atom stereocenters. The SMILES string of the molecule is CC(C)COc1ccc([C@@H](N)CO)cc1. The molecule has 0 aliphatic carbocycles. The van der Waals surface area contributed by atoms with Crippen LogP contribution >= 0.6 is 0 Å². The number of aliphatic hydroxyl groups is 1. The summed E-state index contributed by atoms with van der Waals surface area (Å²) in [5.41, 5.74) is 6.60. The van der Waals surface area contributed by atoms with E-state index < -0.39 is 0 Å². The molecule has 0 unspecified atom stereocenters. The molecule has 0 radical (unpaired) electrons. The van der Waals surface area contributed by atoms with Crippen molar-refractivity contribution in [3.8, 4) is 5.75 Å². The van der Waals surface area contributed by atoms with Gasteiger partial charge in [-0.1, -0.05) is 26.0 Å². The Kier molecular flexibility index (Phi) is 4.59. The van der Waals surface area contributed by atoms with Crippen LogP contribution in [0, 0.1) is 5.92 Å². The van der Waals surface area contributed by atoms with Crippen molar-refractivity contribution < 1.29 is 9.84 Å². The van der Waals surface area contributed by atoms with Gasteiger partial charge >= 0.3 is 0 Å². The average molecular weight is 209 g/mol. The van der Waals surface area contributed by atoms with Gasteiger partial charge in [0.25, 0.3) is 0 Å². The molecule has 0 saturated carbocycles. The number of hydrogen-bond acceptors (Lipinski definition) is 3. The summed E-state index contributed by atoms with van der Waals surface area (Å²) in [4.78, 5) is 0. The Morgan fingerprint density at radius 1 is 1.27 bits per heavy atom. The van der Waals surface area contributed by atoms with Gasteiger partial charge in [0, 0.05) is 0 Å². The van der Waals surface area contributed by atoms with E-state index in [1.807, 2.05) is 24.3 Å². The Bertz CT molecular complexity index is 282. The van der Waals surface area contributed by atoms with Crippen molar-refractivity contribution in [3.63, 3.8) is 0 Å². The Hall–Kier alpha value is -1.06. The molecule has 0 aliphatic rings. The van der Waals surface area contributed by atoms with E-state index in [1.165, 1.54) is 0 Å². The van der Waals surface area contributed by atoms with Crippen molar-refractivity contribution in [1.82, 2.24) is 0 Å². The van der Waals surface area contributed by atoms with Gasteiger partial charge in [0.1, 0.15) is 5.75 Å². The van der Waals surface area contributed by atoms with Crippen LogP contribution in [0.4, 0.5) is 0 Å². The fourth-order valence-corrected chi connectivity index (χ4v) is 1.18. The minimum atomic E-state index is -0.302. The second-order valence-corrected chi connectivity index (χ2v) is 4.06. The molecule has 84 valence electrons. The van der Waals surface area contributed by atoms with E-state index >= 15 is 0 Å². The summed E-state index contributed by atoms with van der Waals surface area (Å²) in [6.07, 6.45) is 0. The Morgan fingerprint density at radius 2 is 1.87 bits per heavy atom. The predicted octanol–water partition coefficient (Wildman–Crippen LogP) is 1.71. The highest BCUT2D eigenvalue weighted by Crippen LogP contribution is 2.16. The van der Waals surface area contributed by atoms with Crippen molar-refractivity contribution in [3.05, 3.63) is 29.8 Å². The second-order valence-electron chi connectivity index (χ2n) is 4.06. The van der Waals surface area contributed by atoms with Crippen LogP contribution in [0.15, 0.2) is 24.3 Å². The van der Waals surface area contributed by atoms with Crippen molar-refractivity contribution in [2.75, 3.05) is 13.2 Å². The lowest BCUT2D eigenvalue weighted by Crippen LogP contribution is -2.14. The number of nitrogens with two attached hydrogens (primary N) is 1. The Morgan fingerprint density at radius 3 is 2.33 bits per heavy atom. The zero-order valence-corrected chi connectivity index (χ0v) is 9.31. The molecule has 0 aliphatic heterocycles. The number of hydrogen-bond donors (Lipinski definition) is 2. The summed E-state index contributed by atoms with van der Waals surface area (Å²) in [6.45, 7) is 4.89. The lowest BCUT2D eigenvalue weighted by atomic mass is 10.1. The van der Waals surface area contributed by atoms with Crippen molar-refractivity contribution in [2.45, 2.75) is 19.9 Å². The van der Waals surface area contributed by atoms with Crippen LogP contribution in [-0.4, -0.2) is 18.3 Å². The van der Waals surface area contributed by atoms with Crippen LogP contribution in [0.2, 0.25) is 0 Å².